The maximum atomic E-state index is 13.1. The van der Waals surface area contributed by atoms with Crippen molar-refractivity contribution in [3.63, 3.8) is 0 Å². The standard InChI is InChI=1S/C20H22Br2N2O2S/c21-15-10-13(26-18(15)22)11-23-20-17(14-8-4-5-9-16(14)27-20)19(25)24-12-6-2-1-3-7-12/h10-12H,1-9H2,(H,24,25). The number of hydrogen-bond donors (Lipinski definition) is 1. The minimum atomic E-state index is 0.0512. The number of carbonyl (C=O) groups excluding carboxylic acids is 1. The van der Waals surface area contributed by atoms with Crippen LogP contribution in [-0.2, 0) is 12.8 Å². The molecule has 0 aliphatic heterocycles. The van der Waals surface area contributed by atoms with Gasteiger partial charge in [-0.25, -0.2) is 4.99 Å². The normalized spacial score (nSPS) is 18.0. The molecule has 2 aliphatic rings. The summed E-state index contributed by atoms with van der Waals surface area (Å²) in [6.07, 6.45) is 11.9. The van der Waals surface area contributed by atoms with Crippen LogP contribution in [0.25, 0.3) is 0 Å². The number of fused-ring (bicyclic) bond motifs is 1. The van der Waals surface area contributed by atoms with Crippen LogP contribution in [0, 0.1) is 0 Å². The molecule has 2 aliphatic carbocycles. The van der Waals surface area contributed by atoms with Crippen LogP contribution in [0.15, 0.2) is 24.6 Å². The van der Waals surface area contributed by atoms with E-state index in [0.29, 0.717) is 16.5 Å². The Balaban J connectivity index is 1.62. The number of amides is 1. The fraction of sp³-hybridized carbons (Fsp3) is 0.500. The number of hydrogen-bond acceptors (Lipinski definition) is 4. The van der Waals surface area contributed by atoms with Crippen molar-refractivity contribution in [2.24, 2.45) is 4.99 Å². The summed E-state index contributed by atoms with van der Waals surface area (Å²) >= 11 is 8.42. The van der Waals surface area contributed by atoms with E-state index in [1.54, 1.807) is 17.6 Å². The molecular formula is C20H22Br2N2O2S. The van der Waals surface area contributed by atoms with E-state index in [9.17, 15) is 4.79 Å². The van der Waals surface area contributed by atoms with Crippen LogP contribution < -0.4 is 5.32 Å². The maximum Gasteiger partial charge on any atom is 0.254 e. The summed E-state index contributed by atoms with van der Waals surface area (Å²) in [6, 6.07) is 2.17. The Morgan fingerprint density at radius 2 is 1.96 bits per heavy atom. The Bertz CT molecular complexity index is 846. The summed E-state index contributed by atoms with van der Waals surface area (Å²) in [5.41, 5.74) is 2.01. The number of thiophene rings is 1. The molecule has 0 spiro atoms. The second-order valence-corrected chi connectivity index (χ2v) is 9.89. The van der Waals surface area contributed by atoms with Gasteiger partial charge in [0.15, 0.2) is 4.67 Å². The summed E-state index contributed by atoms with van der Waals surface area (Å²) < 4.78 is 7.08. The van der Waals surface area contributed by atoms with Gasteiger partial charge >= 0.3 is 0 Å². The first kappa shape index (κ1) is 19.4. The largest absolute Gasteiger partial charge is 0.447 e. The molecule has 4 rings (SSSR count). The zero-order valence-electron chi connectivity index (χ0n) is 15.0. The molecule has 0 radical (unpaired) electrons. The SMILES string of the molecule is O=C(NC1CCCCC1)c1c(N=Cc2cc(Br)c(Br)o2)sc2c1CCCC2. The predicted octanol–water partition coefficient (Wildman–Crippen LogP) is 6.56. The van der Waals surface area contributed by atoms with Gasteiger partial charge in [-0.05, 0) is 75.9 Å². The van der Waals surface area contributed by atoms with Crippen molar-refractivity contribution >= 4 is 60.3 Å². The molecule has 1 N–H and O–H groups in total. The molecule has 7 heteroatoms. The van der Waals surface area contributed by atoms with Crippen LogP contribution in [0.3, 0.4) is 0 Å². The minimum Gasteiger partial charge on any atom is -0.447 e. The number of nitrogens with zero attached hydrogens (tertiary/aromatic N) is 1. The number of halogens is 2. The summed E-state index contributed by atoms with van der Waals surface area (Å²) in [5, 5.41) is 4.08. The van der Waals surface area contributed by atoms with E-state index in [0.717, 1.165) is 47.1 Å². The number of rotatable bonds is 4. The van der Waals surface area contributed by atoms with Gasteiger partial charge in [-0.3, -0.25) is 4.79 Å². The Morgan fingerprint density at radius 1 is 1.19 bits per heavy atom. The van der Waals surface area contributed by atoms with E-state index in [1.807, 2.05) is 6.07 Å². The second-order valence-electron chi connectivity index (χ2n) is 7.23. The van der Waals surface area contributed by atoms with Gasteiger partial charge < -0.3 is 9.73 Å². The monoisotopic (exact) mass is 512 g/mol. The summed E-state index contributed by atoms with van der Waals surface area (Å²) in [5.74, 6) is 0.703. The molecule has 2 heterocycles. The number of nitrogens with one attached hydrogen (secondary N) is 1. The lowest BCUT2D eigenvalue weighted by atomic mass is 9.93. The molecule has 27 heavy (non-hydrogen) atoms. The van der Waals surface area contributed by atoms with Gasteiger partial charge in [-0.15, -0.1) is 11.3 Å². The molecule has 0 bridgehead atoms. The van der Waals surface area contributed by atoms with E-state index in [2.05, 4.69) is 42.2 Å². The second kappa shape index (κ2) is 8.62. The summed E-state index contributed by atoms with van der Waals surface area (Å²) in [7, 11) is 0. The first-order valence-electron chi connectivity index (χ1n) is 9.56. The third-order valence-corrected chi connectivity index (χ3v) is 8.20. The Kier molecular flexibility index (Phi) is 6.19. The molecule has 2 aromatic heterocycles. The molecule has 2 aromatic rings. The van der Waals surface area contributed by atoms with Crippen molar-refractivity contribution in [1.82, 2.24) is 5.32 Å². The van der Waals surface area contributed by atoms with E-state index in [1.165, 1.54) is 36.1 Å². The minimum absolute atomic E-state index is 0.0512. The summed E-state index contributed by atoms with van der Waals surface area (Å²) in [6.45, 7) is 0. The molecule has 0 aromatic carbocycles. The van der Waals surface area contributed by atoms with Gasteiger partial charge in [0, 0.05) is 17.0 Å². The topological polar surface area (TPSA) is 54.6 Å². The zero-order valence-corrected chi connectivity index (χ0v) is 19.0. The van der Waals surface area contributed by atoms with Gasteiger partial charge in [0.05, 0.1) is 16.3 Å². The molecule has 1 fully saturated rings. The van der Waals surface area contributed by atoms with E-state index < -0.39 is 0 Å². The number of carbonyl (C=O) groups is 1. The van der Waals surface area contributed by atoms with Crippen LogP contribution in [-0.4, -0.2) is 18.2 Å². The number of aryl methyl sites for hydroxylation is 1. The fourth-order valence-corrected chi connectivity index (χ4v) is 5.77. The highest BCUT2D eigenvalue weighted by atomic mass is 79.9. The maximum absolute atomic E-state index is 13.1. The number of furan rings is 1. The third kappa shape index (κ3) is 4.40. The van der Waals surface area contributed by atoms with Crippen LogP contribution in [0.2, 0.25) is 0 Å². The molecule has 144 valence electrons. The van der Waals surface area contributed by atoms with Crippen molar-refractivity contribution < 1.29 is 9.21 Å². The smallest absolute Gasteiger partial charge is 0.254 e. The number of aliphatic imine (C=N–C) groups is 1. The van der Waals surface area contributed by atoms with Crippen molar-refractivity contribution in [2.45, 2.75) is 63.8 Å². The highest BCUT2D eigenvalue weighted by Gasteiger charge is 2.27. The van der Waals surface area contributed by atoms with E-state index in [4.69, 9.17) is 4.42 Å². The van der Waals surface area contributed by atoms with Crippen molar-refractivity contribution in [1.29, 1.82) is 0 Å². The van der Waals surface area contributed by atoms with Crippen molar-refractivity contribution in [2.75, 3.05) is 0 Å². The zero-order chi connectivity index (χ0) is 18.8. The van der Waals surface area contributed by atoms with E-state index >= 15 is 0 Å². The molecule has 4 nitrogen and oxygen atoms in total. The lowest BCUT2D eigenvalue weighted by molar-refractivity contribution is 0.0927. The van der Waals surface area contributed by atoms with Crippen LogP contribution >= 0.6 is 43.2 Å². The van der Waals surface area contributed by atoms with Gasteiger partial charge in [0.1, 0.15) is 10.8 Å². The van der Waals surface area contributed by atoms with Crippen LogP contribution in [0.1, 0.15) is 71.5 Å². The average Bonchev–Trinajstić information content (AvgIpc) is 3.20. The van der Waals surface area contributed by atoms with Crippen molar-refractivity contribution in [3.05, 3.63) is 37.0 Å². The fourth-order valence-electron chi connectivity index (χ4n) is 3.93. The molecular weight excluding hydrogens is 492 g/mol. The Labute approximate surface area is 180 Å². The first-order valence-corrected chi connectivity index (χ1v) is 12.0. The Morgan fingerprint density at radius 3 is 2.70 bits per heavy atom. The van der Waals surface area contributed by atoms with Crippen LogP contribution in [0.4, 0.5) is 5.00 Å². The lowest BCUT2D eigenvalue weighted by Crippen LogP contribution is -2.36. The summed E-state index contributed by atoms with van der Waals surface area (Å²) in [4.78, 5) is 19.1. The van der Waals surface area contributed by atoms with E-state index in [-0.39, 0.29) is 5.91 Å². The molecule has 0 atom stereocenters. The van der Waals surface area contributed by atoms with Gasteiger partial charge in [0.2, 0.25) is 0 Å². The van der Waals surface area contributed by atoms with Gasteiger partial charge in [-0.2, -0.15) is 0 Å². The third-order valence-electron chi connectivity index (χ3n) is 5.29. The van der Waals surface area contributed by atoms with Gasteiger partial charge in [-0.1, -0.05) is 19.3 Å². The highest BCUT2D eigenvalue weighted by Crippen LogP contribution is 2.40. The first-order chi connectivity index (χ1) is 13.1. The molecule has 1 saturated carbocycles. The molecule has 1 amide bonds. The lowest BCUT2D eigenvalue weighted by Gasteiger charge is -2.23. The van der Waals surface area contributed by atoms with Crippen molar-refractivity contribution in [3.8, 4) is 0 Å². The van der Waals surface area contributed by atoms with Crippen LogP contribution in [0.5, 0.6) is 0 Å². The quantitative estimate of drug-likeness (QED) is 0.470. The highest BCUT2D eigenvalue weighted by molar-refractivity contribution is 9.13. The average molecular weight is 514 g/mol. The molecule has 0 saturated heterocycles. The van der Waals surface area contributed by atoms with Gasteiger partial charge in [0.25, 0.3) is 5.91 Å². The Hall–Kier alpha value is -0.920. The predicted molar refractivity (Wildman–Crippen MR) is 117 cm³/mol. The molecule has 0 unspecified atom stereocenters.